The Morgan fingerprint density at radius 1 is 1.33 bits per heavy atom. The molecule has 0 bridgehead atoms. The van der Waals surface area contributed by atoms with Gasteiger partial charge in [0.2, 0.25) is 0 Å². The topological polar surface area (TPSA) is 21.3 Å². The number of rotatable bonds is 1. The lowest BCUT2D eigenvalue weighted by atomic mass is 10.1. The van der Waals surface area contributed by atoms with Crippen molar-refractivity contribution in [3.05, 3.63) is 42.1 Å². The molecule has 1 atom stereocenters. The summed E-state index contributed by atoms with van der Waals surface area (Å²) < 4.78 is 5.55. The van der Waals surface area contributed by atoms with Crippen LogP contribution in [0.3, 0.4) is 0 Å². The number of ether oxygens (including phenoxy) is 1. The maximum atomic E-state index is 5.55. The smallest absolute Gasteiger partial charge is 0.159 e. The second-order valence-electron chi connectivity index (χ2n) is 2.95. The molecule has 1 aromatic carbocycles. The zero-order chi connectivity index (χ0) is 8.39. The van der Waals surface area contributed by atoms with Crippen LogP contribution in [-0.2, 0) is 4.74 Å². The second kappa shape index (κ2) is 3.25. The van der Waals surface area contributed by atoms with Crippen LogP contribution >= 0.6 is 0 Å². The normalized spacial score (nSPS) is 24.6. The van der Waals surface area contributed by atoms with Crippen molar-refractivity contribution in [1.82, 2.24) is 5.32 Å². The first-order chi connectivity index (χ1) is 5.86. The van der Waals surface area contributed by atoms with E-state index in [9.17, 15) is 0 Å². The molecular formula is C10H12NO. The molecule has 63 valence electrons. The highest BCUT2D eigenvalue weighted by Crippen LogP contribution is 2.24. The SMILES string of the molecule is C[C]1NCC(c2ccccc2)O1. The van der Waals surface area contributed by atoms with Crippen LogP contribution in [0.25, 0.3) is 0 Å². The van der Waals surface area contributed by atoms with Crippen LogP contribution in [0, 0.1) is 6.23 Å². The van der Waals surface area contributed by atoms with Gasteiger partial charge in [-0.2, -0.15) is 0 Å². The maximum Gasteiger partial charge on any atom is 0.159 e. The molecule has 1 N–H and O–H groups in total. The van der Waals surface area contributed by atoms with E-state index in [4.69, 9.17) is 4.74 Å². The highest BCUT2D eigenvalue weighted by atomic mass is 16.5. The first-order valence-corrected chi connectivity index (χ1v) is 4.15. The average Bonchev–Trinajstić information content (AvgIpc) is 2.54. The van der Waals surface area contributed by atoms with Gasteiger partial charge in [-0.1, -0.05) is 30.3 Å². The highest BCUT2D eigenvalue weighted by Gasteiger charge is 2.22. The summed E-state index contributed by atoms with van der Waals surface area (Å²) in [6.45, 7) is 2.83. The van der Waals surface area contributed by atoms with Crippen LogP contribution in [0.4, 0.5) is 0 Å². The van der Waals surface area contributed by atoms with Gasteiger partial charge in [0.15, 0.2) is 6.23 Å². The van der Waals surface area contributed by atoms with Crippen LogP contribution in [0.5, 0.6) is 0 Å². The van der Waals surface area contributed by atoms with Gasteiger partial charge in [0, 0.05) is 6.54 Å². The summed E-state index contributed by atoms with van der Waals surface area (Å²) in [5, 5.41) is 3.16. The molecule has 2 heteroatoms. The van der Waals surface area contributed by atoms with E-state index in [2.05, 4.69) is 17.4 Å². The molecule has 1 aromatic rings. The van der Waals surface area contributed by atoms with Crippen molar-refractivity contribution >= 4 is 0 Å². The van der Waals surface area contributed by atoms with Gasteiger partial charge >= 0.3 is 0 Å². The van der Waals surface area contributed by atoms with Crippen molar-refractivity contribution in [1.29, 1.82) is 0 Å². The van der Waals surface area contributed by atoms with Crippen LogP contribution in [0.15, 0.2) is 30.3 Å². The van der Waals surface area contributed by atoms with Gasteiger partial charge in [0.05, 0.1) is 6.10 Å². The Labute approximate surface area is 72.5 Å². The van der Waals surface area contributed by atoms with Crippen LogP contribution in [-0.4, -0.2) is 6.54 Å². The van der Waals surface area contributed by atoms with Crippen LogP contribution in [0.2, 0.25) is 0 Å². The van der Waals surface area contributed by atoms with E-state index in [0.29, 0.717) is 0 Å². The van der Waals surface area contributed by atoms with Crippen molar-refractivity contribution < 1.29 is 4.74 Å². The summed E-state index contributed by atoms with van der Waals surface area (Å²) in [5.74, 6) is 0. The van der Waals surface area contributed by atoms with E-state index in [1.807, 2.05) is 25.1 Å². The second-order valence-corrected chi connectivity index (χ2v) is 2.95. The van der Waals surface area contributed by atoms with E-state index < -0.39 is 0 Å². The minimum Gasteiger partial charge on any atom is -0.347 e. The van der Waals surface area contributed by atoms with E-state index in [1.54, 1.807) is 0 Å². The molecule has 1 heterocycles. The van der Waals surface area contributed by atoms with Crippen LogP contribution < -0.4 is 5.32 Å². The van der Waals surface area contributed by atoms with Gasteiger partial charge in [-0.15, -0.1) is 0 Å². The van der Waals surface area contributed by atoms with Gasteiger partial charge in [0.1, 0.15) is 0 Å². The average molecular weight is 162 g/mol. The van der Waals surface area contributed by atoms with E-state index >= 15 is 0 Å². The molecular weight excluding hydrogens is 150 g/mol. The fourth-order valence-corrected chi connectivity index (χ4v) is 1.39. The maximum absolute atomic E-state index is 5.55. The Morgan fingerprint density at radius 2 is 2.08 bits per heavy atom. The molecule has 0 spiro atoms. The molecule has 1 fully saturated rings. The van der Waals surface area contributed by atoms with Gasteiger partial charge in [-0.3, -0.25) is 5.32 Å². The fraction of sp³-hybridized carbons (Fsp3) is 0.300. The zero-order valence-electron chi connectivity index (χ0n) is 7.08. The molecule has 1 unspecified atom stereocenters. The summed E-state index contributed by atoms with van der Waals surface area (Å²) in [4.78, 5) is 0. The Morgan fingerprint density at radius 3 is 2.67 bits per heavy atom. The summed E-state index contributed by atoms with van der Waals surface area (Å²) in [7, 11) is 0. The Balaban J connectivity index is 2.11. The molecule has 12 heavy (non-hydrogen) atoms. The summed E-state index contributed by atoms with van der Waals surface area (Å²) in [5.41, 5.74) is 1.24. The first kappa shape index (κ1) is 7.77. The molecule has 1 aliphatic rings. The number of nitrogens with one attached hydrogen (secondary N) is 1. The van der Waals surface area contributed by atoms with Crippen LogP contribution in [0.1, 0.15) is 18.6 Å². The fourth-order valence-electron chi connectivity index (χ4n) is 1.39. The van der Waals surface area contributed by atoms with Gasteiger partial charge < -0.3 is 4.74 Å². The van der Waals surface area contributed by atoms with E-state index in [1.165, 1.54) is 5.56 Å². The Bertz CT molecular complexity index is 247. The van der Waals surface area contributed by atoms with Gasteiger partial charge in [0.25, 0.3) is 0 Å². The third kappa shape index (κ3) is 1.49. The predicted molar refractivity (Wildman–Crippen MR) is 47.2 cm³/mol. The standard InChI is InChI=1S/C10H12NO/c1-8-11-7-10(12-8)9-5-3-2-4-6-9/h2-6,10-11H,7H2,1H3. The molecule has 0 amide bonds. The number of hydrogen-bond donors (Lipinski definition) is 1. The van der Waals surface area contributed by atoms with Gasteiger partial charge in [-0.25, -0.2) is 0 Å². The molecule has 0 aliphatic carbocycles. The Kier molecular flexibility index (Phi) is 2.11. The molecule has 0 saturated carbocycles. The number of benzene rings is 1. The van der Waals surface area contributed by atoms with Crippen molar-refractivity contribution in [3.8, 4) is 0 Å². The monoisotopic (exact) mass is 162 g/mol. The summed E-state index contributed by atoms with van der Waals surface area (Å²) >= 11 is 0. The lowest BCUT2D eigenvalue weighted by Crippen LogP contribution is -2.10. The highest BCUT2D eigenvalue weighted by molar-refractivity contribution is 5.19. The van der Waals surface area contributed by atoms with Crippen molar-refractivity contribution in [2.45, 2.75) is 13.0 Å². The molecule has 1 saturated heterocycles. The molecule has 1 aliphatic heterocycles. The largest absolute Gasteiger partial charge is 0.347 e. The third-order valence-corrected chi connectivity index (χ3v) is 2.03. The molecule has 0 aromatic heterocycles. The lowest BCUT2D eigenvalue weighted by Gasteiger charge is -2.08. The molecule has 2 rings (SSSR count). The minimum absolute atomic E-state index is 0.200. The first-order valence-electron chi connectivity index (χ1n) is 4.15. The summed E-state index contributed by atoms with van der Waals surface area (Å²) in [6.07, 6.45) is 1.12. The Hall–Kier alpha value is -0.860. The zero-order valence-corrected chi connectivity index (χ0v) is 7.08. The lowest BCUT2D eigenvalue weighted by molar-refractivity contribution is 0.122. The van der Waals surface area contributed by atoms with E-state index in [0.717, 1.165) is 12.8 Å². The molecule has 2 nitrogen and oxygen atoms in total. The van der Waals surface area contributed by atoms with Crippen molar-refractivity contribution in [3.63, 3.8) is 0 Å². The van der Waals surface area contributed by atoms with Crippen molar-refractivity contribution in [2.75, 3.05) is 6.54 Å². The summed E-state index contributed by atoms with van der Waals surface area (Å²) in [6, 6.07) is 10.3. The molecule has 1 radical (unpaired) electrons. The third-order valence-electron chi connectivity index (χ3n) is 2.03. The minimum atomic E-state index is 0.200. The number of hydrogen-bond acceptors (Lipinski definition) is 2. The van der Waals surface area contributed by atoms with E-state index in [-0.39, 0.29) is 6.10 Å². The van der Waals surface area contributed by atoms with Gasteiger partial charge in [-0.05, 0) is 12.5 Å². The quantitative estimate of drug-likeness (QED) is 0.680. The van der Waals surface area contributed by atoms with Crippen molar-refractivity contribution in [2.24, 2.45) is 0 Å². The predicted octanol–water partition coefficient (Wildman–Crippen LogP) is 1.86.